The van der Waals surface area contributed by atoms with E-state index in [1.165, 1.54) is 16.8 Å². The Morgan fingerprint density at radius 1 is 1.30 bits per heavy atom. The zero-order chi connectivity index (χ0) is 14.8. The average molecular weight is 288 g/mol. The van der Waals surface area contributed by atoms with Gasteiger partial charge in [-0.15, -0.1) is 11.3 Å². The van der Waals surface area contributed by atoms with Crippen LogP contribution in [0.3, 0.4) is 0 Å². The second-order valence-electron chi connectivity index (χ2n) is 6.39. The van der Waals surface area contributed by atoms with Gasteiger partial charge in [0.1, 0.15) is 5.01 Å². The molecule has 0 spiro atoms. The summed E-state index contributed by atoms with van der Waals surface area (Å²) in [5.41, 5.74) is 3.96. The van der Waals surface area contributed by atoms with Crippen LogP contribution in [0.2, 0.25) is 0 Å². The highest BCUT2D eigenvalue weighted by atomic mass is 32.1. The Kier molecular flexibility index (Phi) is 4.61. The zero-order valence-electron chi connectivity index (χ0n) is 13.0. The molecule has 0 amide bonds. The van der Waals surface area contributed by atoms with Crippen molar-refractivity contribution in [1.82, 2.24) is 10.3 Å². The molecule has 0 aliphatic rings. The molecular weight excluding hydrogens is 264 g/mol. The Balaban J connectivity index is 1.97. The number of thiazole rings is 1. The van der Waals surface area contributed by atoms with Gasteiger partial charge in [-0.2, -0.15) is 0 Å². The summed E-state index contributed by atoms with van der Waals surface area (Å²) in [7, 11) is 0. The molecule has 0 fully saturated rings. The topological polar surface area (TPSA) is 24.9 Å². The number of nitrogens with zero attached hydrogens (tertiary/aromatic N) is 1. The lowest BCUT2D eigenvalue weighted by atomic mass is 9.93. The van der Waals surface area contributed by atoms with Crippen molar-refractivity contribution in [3.8, 4) is 0 Å². The Labute approximate surface area is 126 Å². The van der Waals surface area contributed by atoms with Crippen molar-refractivity contribution in [2.75, 3.05) is 0 Å². The molecular formula is C17H24N2S. The van der Waals surface area contributed by atoms with E-state index in [0.29, 0.717) is 6.04 Å². The van der Waals surface area contributed by atoms with Gasteiger partial charge in [-0.3, -0.25) is 0 Å². The molecule has 0 aliphatic carbocycles. The van der Waals surface area contributed by atoms with Crippen molar-refractivity contribution in [3.05, 3.63) is 51.5 Å². The molecule has 2 aromatic rings. The number of aromatic nitrogens is 1. The smallest absolute Gasteiger partial charge is 0.107 e. The lowest BCUT2D eigenvalue weighted by molar-refractivity contribution is 0.554. The van der Waals surface area contributed by atoms with Crippen LogP contribution in [0.5, 0.6) is 0 Å². The maximum atomic E-state index is 4.72. The molecule has 0 bridgehead atoms. The minimum absolute atomic E-state index is 0.136. The molecule has 20 heavy (non-hydrogen) atoms. The summed E-state index contributed by atoms with van der Waals surface area (Å²) >= 11 is 1.74. The van der Waals surface area contributed by atoms with E-state index in [1.807, 2.05) is 0 Å². The molecule has 0 saturated heterocycles. The Morgan fingerprint density at radius 3 is 2.65 bits per heavy atom. The van der Waals surface area contributed by atoms with Crippen LogP contribution in [0.15, 0.2) is 29.6 Å². The molecule has 1 aromatic heterocycles. The van der Waals surface area contributed by atoms with Gasteiger partial charge >= 0.3 is 0 Å². The zero-order valence-corrected chi connectivity index (χ0v) is 13.8. The second-order valence-corrected chi connectivity index (χ2v) is 7.34. The summed E-state index contributed by atoms with van der Waals surface area (Å²) < 4.78 is 0. The lowest BCUT2D eigenvalue weighted by Crippen LogP contribution is -2.18. The van der Waals surface area contributed by atoms with Crippen molar-refractivity contribution in [2.24, 2.45) is 0 Å². The van der Waals surface area contributed by atoms with Gasteiger partial charge in [0.2, 0.25) is 0 Å². The highest BCUT2D eigenvalue weighted by molar-refractivity contribution is 7.09. The van der Waals surface area contributed by atoms with Gasteiger partial charge in [0, 0.05) is 23.4 Å². The summed E-state index contributed by atoms with van der Waals surface area (Å²) in [5.74, 6) is 0. The predicted octanol–water partition coefficient (Wildman–Crippen LogP) is 4.60. The normalized spacial score (nSPS) is 13.4. The maximum Gasteiger partial charge on any atom is 0.107 e. The van der Waals surface area contributed by atoms with E-state index < -0.39 is 0 Å². The second kappa shape index (κ2) is 6.06. The number of benzene rings is 1. The van der Waals surface area contributed by atoms with Gasteiger partial charge in [0.25, 0.3) is 0 Å². The van der Waals surface area contributed by atoms with Crippen LogP contribution in [-0.4, -0.2) is 4.98 Å². The van der Waals surface area contributed by atoms with Crippen LogP contribution in [0, 0.1) is 6.92 Å². The maximum absolute atomic E-state index is 4.72. The first-order chi connectivity index (χ1) is 9.36. The van der Waals surface area contributed by atoms with E-state index in [-0.39, 0.29) is 5.41 Å². The number of hydrogen-bond donors (Lipinski definition) is 1. The summed E-state index contributed by atoms with van der Waals surface area (Å²) in [6, 6.07) is 9.00. The fraction of sp³-hybridized carbons (Fsp3) is 0.471. The van der Waals surface area contributed by atoms with Crippen molar-refractivity contribution >= 4 is 11.3 Å². The molecule has 2 nitrogen and oxygen atoms in total. The molecule has 1 atom stereocenters. The largest absolute Gasteiger partial charge is 0.304 e. The fourth-order valence-corrected chi connectivity index (χ4v) is 3.01. The summed E-state index contributed by atoms with van der Waals surface area (Å²) in [6.45, 7) is 11.8. The van der Waals surface area contributed by atoms with Gasteiger partial charge in [0.15, 0.2) is 0 Å². The average Bonchev–Trinajstić information content (AvgIpc) is 2.84. The van der Waals surface area contributed by atoms with Gasteiger partial charge in [0.05, 0.1) is 5.69 Å². The third-order valence-corrected chi connectivity index (χ3v) is 4.27. The summed E-state index contributed by atoms with van der Waals surface area (Å²) in [6.07, 6.45) is 0. The minimum Gasteiger partial charge on any atom is -0.304 e. The van der Waals surface area contributed by atoms with Gasteiger partial charge < -0.3 is 5.32 Å². The van der Waals surface area contributed by atoms with Crippen molar-refractivity contribution in [1.29, 1.82) is 0 Å². The van der Waals surface area contributed by atoms with Gasteiger partial charge in [-0.05, 0) is 19.4 Å². The molecule has 1 aromatic carbocycles. The van der Waals surface area contributed by atoms with Crippen LogP contribution >= 0.6 is 11.3 Å². The molecule has 2 rings (SSSR count). The van der Waals surface area contributed by atoms with Crippen LogP contribution in [-0.2, 0) is 12.0 Å². The SMILES string of the molecule is Cc1cccc([C@H](C)NCc2nc(C(C)(C)C)cs2)c1. The predicted molar refractivity (Wildman–Crippen MR) is 87.2 cm³/mol. The van der Waals surface area contributed by atoms with E-state index in [9.17, 15) is 0 Å². The molecule has 0 unspecified atom stereocenters. The third-order valence-electron chi connectivity index (χ3n) is 3.42. The van der Waals surface area contributed by atoms with E-state index >= 15 is 0 Å². The Morgan fingerprint density at radius 2 is 2.05 bits per heavy atom. The molecule has 0 radical (unpaired) electrons. The molecule has 1 N–H and O–H groups in total. The van der Waals surface area contributed by atoms with E-state index in [4.69, 9.17) is 4.98 Å². The first kappa shape index (κ1) is 15.2. The molecule has 3 heteroatoms. The van der Waals surface area contributed by atoms with Crippen LogP contribution in [0.1, 0.15) is 55.6 Å². The van der Waals surface area contributed by atoms with Gasteiger partial charge in [-0.1, -0.05) is 50.6 Å². The highest BCUT2D eigenvalue weighted by Gasteiger charge is 2.17. The number of hydrogen-bond acceptors (Lipinski definition) is 3. The Bertz CT molecular complexity index is 566. The fourth-order valence-electron chi connectivity index (χ4n) is 2.03. The third kappa shape index (κ3) is 3.90. The first-order valence-electron chi connectivity index (χ1n) is 7.11. The van der Waals surface area contributed by atoms with Gasteiger partial charge in [-0.25, -0.2) is 4.98 Å². The number of rotatable bonds is 4. The standard InChI is InChI=1S/C17H24N2S/c1-12-7-6-8-14(9-12)13(2)18-10-16-19-15(11-20-16)17(3,4)5/h6-9,11,13,18H,10H2,1-5H3/t13-/m0/s1. The molecule has 0 aliphatic heterocycles. The van der Waals surface area contributed by atoms with E-state index in [0.717, 1.165) is 11.6 Å². The molecule has 108 valence electrons. The highest BCUT2D eigenvalue weighted by Crippen LogP contribution is 2.24. The number of aryl methyl sites for hydroxylation is 1. The monoisotopic (exact) mass is 288 g/mol. The minimum atomic E-state index is 0.136. The lowest BCUT2D eigenvalue weighted by Gasteiger charge is -2.15. The summed E-state index contributed by atoms with van der Waals surface area (Å²) in [4.78, 5) is 4.72. The van der Waals surface area contributed by atoms with Crippen LogP contribution < -0.4 is 5.32 Å². The van der Waals surface area contributed by atoms with Crippen LogP contribution in [0.25, 0.3) is 0 Å². The van der Waals surface area contributed by atoms with E-state index in [1.54, 1.807) is 11.3 Å². The number of nitrogens with one attached hydrogen (secondary N) is 1. The van der Waals surface area contributed by atoms with Crippen molar-refractivity contribution in [3.63, 3.8) is 0 Å². The quantitative estimate of drug-likeness (QED) is 0.889. The van der Waals surface area contributed by atoms with Crippen LogP contribution in [0.4, 0.5) is 0 Å². The Hall–Kier alpha value is -1.19. The molecule has 1 heterocycles. The van der Waals surface area contributed by atoms with Crippen molar-refractivity contribution in [2.45, 2.75) is 52.6 Å². The van der Waals surface area contributed by atoms with Crippen molar-refractivity contribution < 1.29 is 0 Å². The summed E-state index contributed by atoms with van der Waals surface area (Å²) in [5, 5.41) is 6.89. The van der Waals surface area contributed by atoms with E-state index in [2.05, 4.69) is 69.6 Å². The first-order valence-corrected chi connectivity index (χ1v) is 7.99. The molecule has 0 saturated carbocycles.